The van der Waals surface area contributed by atoms with E-state index in [4.69, 9.17) is 0 Å². The summed E-state index contributed by atoms with van der Waals surface area (Å²) >= 11 is 0. The molecule has 7 nitrogen and oxygen atoms in total. The van der Waals surface area contributed by atoms with Crippen LogP contribution in [0.5, 0.6) is 0 Å². The average Bonchev–Trinajstić information content (AvgIpc) is 2.96. The summed E-state index contributed by atoms with van der Waals surface area (Å²) in [7, 11) is 0. The standard InChI is InChI=1S/C20H23N5O2/c1-15-21-24(14-19(26)23-11-7-2-3-8-12-23)20(27)18-13-17(22-25(15)18)16-9-5-4-6-10-16/h4-6,9-10,13H,2-3,7-8,11-12,14H2,1H3. The van der Waals surface area contributed by atoms with Crippen LogP contribution in [0.4, 0.5) is 0 Å². The van der Waals surface area contributed by atoms with Gasteiger partial charge in [0.05, 0.1) is 5.69 Å². The van der Waals surface area contributed by atoms with Crippen LogP contribution in [0.25, 0.3) is 16.8 Å². The number of rotatable bonds is 3. The zero-order valence-electron chi connectivity index (χ0n) is 15.5. The quantitative estimate of drug-likeness (QED) is 0.714. The lowest BCUT2D eigenvalue weighted by Gasteiger charge is -2.20. The number of likely N-dealkylation sites (tertiary alicyclic amines) is 1. The molecule has 3 aromatic rings. The second-order valence-corrected chi connectivity index (χ2v) is 7.00. The predicted octanol–water partition coefficient (Wildman–Crippen LogP) is 2.27. The monoisotopic (exact) mass is 365 g/mol. The number of carbonyl (C=O) groups excluding carboxylic acids is 1. The summed E-state index contributed by atoms with van der Waals surface area (Å²) in [5, 5.41) is 8.83. The topological polar surface area (TPSA) is 72.5 Å². The van der Waals surface area contributed by atoms with Crippen molar-refractivity contribution in [3.05, 3.63) is 52.6 Å². The van der Waals surface area contributed by atoms with Gasteiger partial charge < -0.3 is 4.90 Å². The Hall–Kier alpha value is -2.96. The predicted molar refractivity (Wildman–Crippen MR) is 102 cm³/mol. The zero-order chi connectivity index (χ0) is 18.8. The van der Waals surface area contributed by atoms with Crippen LogP contribution >= 0.6 is 0 Å². The van der Waals surface area contributed by atoms with Crippen molar-refractivity contribution in [3.8, 4) is 11.3 Å². The minimum Gasteiger partial charge on any atom is -0.341 e. The first kappa shape index (κ1) is 17.5. The lowest BCUT2D eigenvalue weighted by Crippen LogP contribution is -2.38. The fraction of sp³-hybridized carbons (Fsp3) is 0.400. The molecule has 1 fully saturated rings. The summed E-state index contributed by atoms with van der Waals surface area (Å²) in [5.74, 6) is 0.536. The molecule has 0 bridgehead atoms. The first-order chi connectivity index (χ1) is 13.1. The van der Waals surface area contributed by atoms with Crippen molar-refractivity contribution in [2.24, 2.45) is 0 Å². The van der Waals surface area contributed by atoms with Gasteiger partial charge in [-0.2, -0.15) is 10.2 Å². The highest BCUT2D eigenvalue weighted by Crippen LogP contribution is 2.18. The normalized spacial score (nSPS) is 15.1. The average molecular weight is 365 g/mol. The Morgan fingerprint density at radius 1 is 1.04 bits per heavy atom. The molecule has 27 heavy (non-hydrogen) atoms. The van der Waals surface area contributed by atoms with Gasteiger partial charge >= 0.3 is 0 Å². The number of amides is 1. The summed E-state index contributed by atoms with van der Waals surface area (Å²) in [6.07, 6.45) is 4.36. The molecule has 0 saturated carbocycles. The molecular weight excluding hydrogens is 342 g/mol. The molecule has 1 aliphatic rings. The lowest BCUT2D eigenvalue weighted by atomic mass is 10.1. The summed E-state index contributed by atoms with van der Waals surface area (Å²) in [5.41, 5.74) is 1.80. The molecule has 1 aromatic carbocycles. The van der Waals surface area contributed by atoms with Crippen LogP contribution in [0, 0.1) is 6.92 Å². The molecule has 0 aliphatic carbocycles. The molecule has 0 spiro atoms. The zero-order valence-corrected chi connectivity index (χ0v) is 15.5. The summed E-state index contributed by atoms with van der Waals surface area (Å²) in [6, 6.07) is 11.5. The maximum absolute atomic E-state index is 12.9. The van der Waals surface area contributed by atoms with E-state index in [1.54, 1.807) is 17.5 Å². The Morgan fingerprint density at radius 2 is 1.74 bits per heavy atom. The van der Waals surface area contributed by atoms with E-state index in [-0.39, 0.29) is 18.0 Å². The molecule has 2 aromatic heterocycles. The number of carbonyl (C=O) groups is 1. The van der Waals surface area contributed by atoms with Crippen molar-refractivity contribution in [1.82, 2.24) is 24.3 Å². The number of benzene rings is 1. The van der Waals surface area contributed by atoms with Gasteiger partial charge in [-0.15, -0.1) is 0 Å². The van der Waals surface area contributed by atoms with Gasteiger partial charge in [-0.3, -0.25) is 9.59 Å². The third-order valence-electron chi connectivity index (χ3n) is 5.05. The minimum absolute atomic E-state index is 0.0258. The molecule has 3 heterocycles. The van der Waals surface area contributed by atoms with Crippen LogP contribution in [-0.4, -0.2) is 43.3 Å². The van der Waals surface area contributed by atoms with Gasteiger partial charge in [0.15, 0.2) is 0 Å². The molecule has 7 heteroatoms. The molecule has 1 aliphatic heterocycles. The van der Waals surface area contributed by atoms with E-state index >= 15 is 0 Å². The molecule has 4 rings (SSSR count). The van der Waals surface area contributed by atoms with Gasteiger partial charge in [0, 0.05) is 18.7 Å². The number of aryl methyl sites for hydroxylation is 1. The second kappa shape index (κ2) is 7.34. The van der Waals surface area contributed by atoms with Gasteiger partial charge in [0.1, 0.15) is 17.9 Å². The molecule has 0 radical (unpaired) electrons. The van der Waals surface area contributed by atoms with Crippen molar-refractivity contribution in [2.45, 2.75) is 39.2 Å². The maximum atomic E-state index is 12.9. The molecule has 0 atom stereocenters. The first-order valence-electron chi connectivity index (χ1n) is 9.44. The SMILES string of the molecule is Cc1nn(CC(=O)N2CCCCCC2)c(=O)c2cc(-c3ccccc3)nn12. The molecular formula is C20H23N5O2. The number of nitrogens with zero attached hydrogens (tertiary/aromatic N) is 5. The highest BCUT2D eigenvalue weighted by Gasteiger charge is 2.19. The highest BCUT2D eigenvalue weighted by atomic mass is 16.2. The first-order valence-corrected chi connectivity index (χ1v) is 9.44. The summed E-state index contributed by atoms with van der Waals surface area (Å²) in [6.45, 7) is 3.29. The number of hydrogen-bond acceptors (Lipinski definition) is 4. The Morgan fingerprint density at radius 3 is 2.44 bits per heavy atom. The van der Waals surface area contributed by atoms with Crippen LogP contribution in [0.15, 0.2) is 41.2 Å². The molecule has 140 valence electrons. The van der Waals surface area contributed by atoms with Gasteiger partial charge in [-0.25, -0.2) is 9.20 Å². The smallest absolute Gasteiger partial charge is 0.293 e. The van der Waals surface area contributed by atoms with E-state index in [2.05, 4.69) is 10.2 Å². The van der Waals surface area contributed by atoms with Crippen LogP contribution in [-0.2, 0) is 11.3 Å². The molecule has 1 amide bonds. The van der Waals surface area contributed by atoms with Crippen LogP contribution in [0.2, 0.25) is 0 Å². The molecule has 1 saturated heterocycles. The second-order valence-electron chi connectivity index (χ2n) is 7.00. The number of fused-ring (bicyclic) bond motifs is 1. The largest absolute Gasteiger partial charge is 0.341 e. The van der Waals surface area contributed by atoms with E-state index in [0.717, 1.165) is 44.3 Å². The number of hydrogen-bond donors (Lipinski definition) is 0. The van der Waals surface area contributed by atoms with Crippen LogP contribution < -0.4 is 5.56 Å². The van der Waals surface area contributed by atoms with Gasteiger partial charge in [0.25, 0.3) is 5.56 Å². The summed E-state index contributed by atoms with van der Waals surface area (Å²) < 4.78 is 2.83. The van der Waals surface area contributed by atoms with Crippen molar-refractivity contribution in [2.75, 3.05) is 13.1 Å². The van der Waals surface area contributed by atoms with E-state index in [1.165, 1.54) is 4.68 Å². The van der Waals surface area contributed by atoms with E-state index in [0.29, 0.717) is 17.0 Å². The minimum atomic E-state index is -0.293. The fourth-order valence-electron chi connectivity index (χ4n) is 3.58. The third-order valence-corrected chi connectivity index (χ3v) is 5.05. The lowest BCUT2D eigenvalue weighted by molar-refractivity contribution is -0.132. The van der Waals surface area contributed by atoms with Crippen molar-refractivity contribution in [3.63, 3.8) is 0 Å². The van der Waals surface area contributed by atoms with Gasteiger partial charge in [-0.05, 0) is 25.8 Å². The Kier molecular flexibility index (Phi) is 4.75. The number of aromatic nitrogens is 4. The third kappa shape index (κ3) is 3.49. The Balaban J connectivity index is 1.67. The maximum Gasteiger partial charge on any atom is 0.293 e. The van der Waals surface area contributed by atoms with Crippen molar-refractivity contribution < 1.29 is 4.79 Å². The van der Waals surface area contributed by atoms with Crippen LogP contribution in [0.1, 0.15) is 31.5 Å². The van der Waals surface area contributed by atoms with Crippen LogP contribution in [0.3, 0.4) is 0 Å². The van der Waals surface area contributed by atoms with Gasteiger partial charge in [0.2, 0.25) is 5.91 Å². The van der Waals surface area contributed by atoms with E-state index in [9.17, 15) is 9.59 Å². The summed E-state index contributed by atoms with van der Waals surface area (Å²) in [4.78, 5) is 27.4. The van der Waals surface area contributed by atoms with Crippen molar-refractivity contribution in [1.29, 1.82) is 0 Å². The fourth-order valence-corrected chi connectivity index (χ4v) is 3.58. The highest BCUT2D eigenvalue weighted by molar-refractivity contribution is 5.76. The Labute approximate surface area is 157 Å². The van der Waals surface area contributed by atoms with E-state index < -0.39 is 0 Å². The van der Waals surface area contributed by atoms with E-state index in [1.807, 2.05) is 35.2 Å². The van der Waals surface area contributed by atoms with Crippen molar-refractivity contribution >= 4 is 11.4 Å². The molecule has 0 N–H and O–H groups in total. The van der Waals surface area contributed by atoms with Gasteiger partial charge in [-0.1, -0.05) is 43.2 Å². The Bertz CT molecular complexity index is 1010. The molecule has 0 unspecified atom stereocenters.